The summed E-state index contributed by atoms with van der Waals surface area (Å²) in [5.74, 6) is 0.702. The second-order valence-corrected chi connectivity index (χ2v) is 5.36. The lowest BCUT2D eigenvalue weighted by Gasteiger charge is -2.17. The number of aromatic nitrogens is 2. The Hall–Kier alpha value is -2.43. The number of carbonyl (C=O) groups excluding carboxylic acids is 1. The quantitative estimate of drug-likeness (QED) is 0.903. The average Bonchev–Trinajstić information content (AvgIpc) is 3.29. The number of hydrogen-bond acceptors (Lipinski definition) is 4. The van der Waals surface area contributed by atoms with Crippen LogP contribution < -0.4 is 5.32 Å². The monoisotopic (exact) mass is 283 g/mol. The first-order valence-electron chi connectivity index (χ1n) is 7.03. The Labute approximate surface area is 123 Å². The molecule has 0 bridgehead atoms. The molecule has 2 aromatic rings. The minimum atomic E-state index is -0.296. The summed E-state index contributed by atoms with van der Waals surface area (Å²) in [6.45, 7) is 1.90. The molecule has 5 nitrogen and oxygen atoms in total. The Bertz CT molecular complexity index is 668. The maximum atomic E-state index is 12.3. The van der Waals surface area contributed by atoms with Gasteiger partial charge in [-0.1, -0.05) is 12.1 Å². The molecule has 1 amide bonds. The van der Waals surface area contributed by atoms with E-state index >= 15 is 0 Å². The molecule has 1 aliphatic rings. The molecule has 108 valence electrons. The van der Waals surface area contributed by atoms with E-state index in [2.05, 4.69) is 15.3 Å². The second-order valence-electron chi connectivity index (χ2n) is 5.36. The molecule has 5 heteroatoms. The summed E-state index contributed by atoms with van der Waals surface area (Å²) < 4.78 is 0. The zero-order chi connectivity index (χ0) is 14.8. The van der Waals surface area contributed by atoms with E-state index in [0.29, 0.717) is 11.7 Å². The normalized spacial score (nSPS) is 15.5. The smallest absolute Gasteiger partial charge is 0.255 e. The van der Waals surface area contributed by atoms with Gasteiger partial charge in [0.2, 0.25) is 0 Å². The van der Waals surface area contributed by atoms with Crippen molar-refractivity contribution < 1.29 is 9.90 Å². The lowest BCUT2D eigenvalue weighted by atomic mass is 10.1. The zero-order valence-electron chi connectivity index (χ0n) is 11.8. The lowest BCUT2D eigenvalue weighted by molar-refractivity contribution is 0.0927. The van der Waals surface area contributed by atoms with E-state index in [9.17, 15) is 9.90 Å². The van der Waals surface area contributed by atoms with Gasteiger partial charge >= 0.3 is 0 Å². The molecule has 0 saturated heterocycles. The number of nitrogens with one attached hydrogen (secondary N) is 1. The van der Waals surface area contributed by atoms with Gasteiger partial charge in [-0.3, -0.25) is 4.79 Å². The molecule has 1 fully saturated rings. The van der Waals surface area contributed by atoms with Crippen LogP contribution in [-0.2, 0) is 0 Å². The van der Waals surface area contributed by atoms with Crippen molar-refractivity contribution in [2.24, 2.45) is 5.92 Å². The van der Waals surface area contributed by atoms with Crippen molar-refractivity contribution in [3.63, 3.8) is 0 Å². The Morgan fingerprint density at radius 3 is 2.76 bits per heavy atom. The van der Waals surface area contributed by atoms with Gasteiger partial charge in [0, 0.05) is 11.9 Å². The van der Waals surface area contributed by atoms with E-state index in [1.54, 1.807) is 24.4 Å². The molecule has 1 saturated carbocycles. The summed E-state index contributed by atoms with van der Waals surface area (Å²) in [5.41, 5.74) is 1.15. The number of amides is 1. The van der Waals surface area contributed by atoms with Gasteiger partial charge in [0.25, 0.3) is 5.91 Å². The van der Waals surface area contributed by atoms with E-state index in [0.717, 1.165) is 18.5 Å². The van der Waals surface area contributed by atoms with Crippen LogP contribution in [0.25, 0.3) is 0 Å². The van der Waals surface area contributed by atoms with Crippen molar-refractivity contribution in [2.45, 2.75) is 25.8 Å². The van der Waals surface area contributed by atoms with Gasteiger partial charge < -0.3 is 10.4 Å². The SMILES string of the molecule is Cc1ccnc(C(NC(=O)c2ccccc2O)C2CC2)n1. The Kier molecular flexibility index (Phi) is 3.56. The van der Waals surface area contributed by atoms with Crippen LogP contribution in [0.3, 0.4) is 0 Å². The van der Waals surface area contributed by atoms with Crippen LogP contribution in [0.15, 0.2) is 36.5 Å². The predicted molar refractivity (Wildman–Crippen MR) is 77.8 cm³/mol. The van der Waals surface area contributed by atoms with Crippen molar-refractivity contribution in [3.8, 4) is 5.75 Å². The summed E-state index contributed by atoms with van der Waals surface area (Å²) in [6, 6.07) is 8.16. The number of aromatic hydroxyl groups is 1. The number of nitrogens with zero attached hydrogens (tertiary/aromatic N) is 2. The highest BCUT2D eigenvalue weighted by molar-refractivity contribution is 5.97. The number of para-hydroxylation sites is 1. The third-order valence-corrected chi connectivity index (χ3v) is 3.62. The molecule has 0 aliphatic heterocycles. The number of phenolic OH excluding ortho intramolecular Hbond substituents is 1. The molecule has 1 unspecified atom stereocenters. The number of phenols is 1. The molecule has 1 atom stereocenters. The minimum Gasteiger partial charge on any atom is -0.507 e. The van der Waals surface area contributed by atoms with Gasteiger partial charge in [-0.15, -0.1) is 0 Å². The van der Waals surface area contributed by atoms with E-state index in [1.165, 1.54) is 6.07 Å². The molecular formula is C16H17N3O2. The number of rotatable bonds is 4. The summed E-state index contributed by atoms with van der Waals surface area (Å²) in [4.78, 5) is 21.0. The molecule has 0 radical (unpaired) electrons. The maximum Gasteiger partial charge on any atom is 0.255 e. The molecule has 3 rings (SSSR count). The van der Waals surface area contributed by atoms with E-state index < -0.39 is 0 Å². The average molecular weight is 283 g/mol. The van der Waals surface area contributed by atoms with E-state index in [-0.39, 0.29) is 23.3 Å². The maximum absolute atomic E-state index is 12.3. The highest BCUT2D eigenvalue weighted by Gasteiger charge is 2.35. The Balaban J connectivity index is 1.83. The van der Waals surface area contributed by atoms with Crippen molar-refractivity contribution in [1.29, 1.82) is 0 Å². The van der Waals surface area contributed by atoms with Gasteiger partial charge in [0.05, 0.1) is 11.6 Å². The topological polar surface area (TPSA) is 75.1 Å². The van der Waals surface area contributed by atoms with Crippen LogP contribution in [-0.4, -0.2) is 21.0 Å². The van der Waals surface area contributed by atoms with Gasteiger partial charge in [-0.2, -0.15) is 0 Å². The van der Waals surface area contributed by atoms with Crippen molar-refractivity contribution in [1.82, 2.24) is 15.3 Å². The first-order valence-corrected chi connectivity index (χ1v) is 7.03. The summed E-state index contributed by atoms with van der Waals surface area (Å²) in [5, 5.41) is 12.7. The third-order valence-electron chi connectivity index (χ3n) is 3.62. The number of hydrogen-bond donors (Lipinski definition) is 2. The number of aryl methyl sites for hydroxylation is 1. The van der Waals surface area contributed by atoms with Gasteiger partial charge in [-0.25, -0.2) is 9.97 Å². The first kappa shape index (κ1) is 13.5. The third kappa shape index (κ3) is 3.02. The minimum absolute atomic E-state index is 0.0188. The van der Waals surface area contributed by atoms with Crippen LogP contribution in [0.2, 0.25) is 0 Å². The van der Waals surface area contributed by atoms with Crippen LogP contribution in [0.4, 0.5) is 0 Å². The van der Waals surface area contributed by atoms with Crippen molar-refractivity contribution in [2.75, 3.05) is 0 Å². The van der Waals surface area contributed by atoms with Crippen molar-refractivity contribution in [3.05, 3.63) is 53.6 Å². The number of benzene rings is 1. The lowest BCUT2D eigenvalue weighted by Crippen LogP contribution is -2.31. The summed E-state index contributed by atoms with van der Waals surface area (Å²) >= 11 is 0. The standard InChI is InChI=1S/C16H17N3O2/c1-10-8-9-17-15(18-10)14(11-6-7-11)19-16(21)12-4-2-3-5-13(12)20/h2-5,8-9,11,14,20H,6-7H2,1H3,(H,19,21). The molecule has 0 spiro atoms. The van der Waals surface area contributed by atoms with Gasteiger partial charge in [0.15, 0.2) is 5.82 Å². The molecule has 1 aromatic heterocycles. The van der Waals surface area contributed by atoms with Crippen LogP contribution in [0.1, 0.15) is 40.8 Å². The molecule has 1 heterocycles. The molecule has 1 aromatic carbocycles. The highest BCUT2D eigenvalue weighted by Crippen LogP contribution is 2.40. The highest BCUT2D eigenvalue weighted by atomic mass is 16.3. The van der Waals surface area contributed by atoms with E-state index in [1.807, 2.05) is 13.0 Å². The molecular weight excluding hydrogens is 266 g/mol. The van der Waals surface area contributed by atoms with E-state index in [4.69, 9.17) is 0 Å². The molecule has 21 heavy (non-hydrogen) atoms. The fraction of sp³-hybridized carbons (Fsp3) is 0.312. The van der Waals surface area contributed by atoms with Gasteiger partial charge in [-0.05, 0) is 43.9 Å². The van der Waals surface area contributed by atoms with Crippen LogP contribution >= 0.6 is 0 Å². The summed E-state index contributed by atoms with van der Waals surface area (Å²) in [7, 11) is 0. The molecule has 2 N–H and O–H groups in total. The largest absolute Gasteiger partial charge is 0.507 e. The van der Waals surface area contributed by atoms with Crippen molar-refractivity contribution >= 4 is 5.91 Å². The molecule has 1 aliphatic carbocycles. The van der Waals surface area contributed by atoms with Gasteiger partial charge in [0.1, 0.15) is 5.75 Å². The second kappa shape index (κ2) is 5.52. The zero-order valence-corrected chi connectivity index (χ0v) is 11.8. The van der Waals surface area contributed by atoms with Crippen LogP contribution in [0.5, 0.6) is 5.75 Å². The fourth-order valence-corrected chi connectivity index (χ4v) is 2.33. The summed E-state index contributed by atoms with van der Waals surface area (Å²) in [6.07, 6.45) is 3.82. The fourth-order valence-electron chi connectivity index (χ4n) is 2.33. The van der Waals surface area contributed by atoms with Crippen LogP contribution in [0, 0.1) is 12.8 Å². The Morgan fingerprint density at radius 1 is 1.33 bits per heavy atom. The Morgan fingerprint density at radius 2 is 2.10 bits per heavy atom. The predicted octanol–water partition coefficient (Wildman–Crippen LogP) is 2.37. The first-order chi connectivity index (χ1) is 10.1. The number of carbonyl (C=O) groups is 1.